The van der Waals surface area contributed by atoms with Crippen molar-refractivity contribution in [1.82, 2.24) is 10.6 Å². The predicted octanol–water partition coefficient (Wildman–Crippen LogP) is 3.13. The Labute approximate surface area is 151 Å². The Kier molecular flexibility index (Phi) is 8.60. The molecule has 7 heteroatoms. The summed E-state index contributed by atoms with van der Waals surface area (Å²) in [5.41, 5.74) is 0.472. The van der Waals surface area contributed by atoms with Crippen molar-refractivity contribution < 1.29 is 13.2 Å². The lowest BCUT2D eigenvalue weighted by Crippen LogP contribution is -2.39. The molecule has 0 atom stereocenters. The summed E-state index contributed by atoms with van der Waals surface area (Å²) in [6.07, 6.45) is 2.84. The average molecular weight is 435 g/mol. The molecule has 2 rings (SSSR count). The third kappa shape index (κ3) is 6.55. The van der Waals surface area contributed by atoms with E-state index in [1.807, 2.05) is 12.1 Å². The first-order valence-electron chi connectivity index (χ1n) is 7.10. The number of hydrogen-bond donors (Lipinski definition) is 2. The van der Waals surface area contributed by atoms with Gasteiger partial charge in [0.2, 0.25) is 0 Å². The second-order valence-corrected chi connectivity index (χ2v) is 4.74. The lowest BCUT2D eigenvalue weighted by atomic mass is 10.1. The topological polar surface area (TPSA) is 49.6 Å². The number of furan rings is 1. The van der Waals surface area contributed by atoms with Crippen molar-refractivity contribution in [3.05, 3.63) is 59.6 Å². The Balaban J connectivity index is 0.00000264. The van der Waals surface area contributed by atoms with Crippen molar-refractivity contribution >= 4 is 29.9 Å². The SMILES string of the molecule is CN=C(NCCc1ccco1)NCCc1ccc(F)cc1F.I. The van der Waals surface area contributed by atoms with Gasteiger partial charge in [-0.1, -0.05) is 6.07 Å². The zero-order valence-electron chi connectivity index (χ0n) is 12.8. The van der Waals surface area contributed by atoms with Crippen LogP contribution in [0.2, 0.25) is 0 Å². The van der Waals surface area contributed by atoms with E-state index in [0.29, 0.717) is 31.0 Å². The molecule has 0 amide bonds. The Morgan fingerprint density at radius 3 is 2.48 bits per heavy atom. The molecule has 0 fully saturated rings. The fourth-order valence-electron chi connectivity index (χ4n) is 2.02. The van der Waals surface area contributed by atoms with Crippen molar-refractivity contribution in [3.8, 4) is 0 Å². The van der Waals surface area contributed by atoms with E-state index in [1.165, 1.54) is 12.1 Å². The number of nitrogens with zero attached hydrogens (tertiary/aromatic N) is 1. The van der Waals surface area contributed by atoms with E-state index in [0.717, 1.165) is 18.2 Å². The minimum atomic E-state index is -0.565. The third-order valence-electron chi connectivity index (χ3n) is 3.17. The van der Waals surface area contributed by atoms with Gasteiger partial charge >= 0.3 is 0 Å². The molecule has 0 unspecified atom stereocenters. The molecule has 2 N–H and O–H groups in total. The highest BCUT2D eigenvalue weighted by Crippen LogP contribution is 2.09. The normalized spacial score (nSPS) is 11.0. The third-order valence-corrected chi connectivity index (χ3v) is 3.17. The summed E-state index contributed by atoms with van der Waals surface area (Å²) in [5, 5.41) is 6.23. The highest BCUT2D eigenvalue weighted by atomic mass is 127. The highest BCUT2D eigenvalue weighted by molar-refractivity contribution is 14.0. The first kappa shape index (κ1) is 19.4. The van der Waals surface area contributed by atoms with Gasteiger partial charge in [-0.3, -0.25) is 4.99 Å². The Morgan fingerprint density at radius 2 is 1.87 bits per heavy atom. The molecule has 0 aliphatic heterocycles. The van der Waals surface area contributed by atoms with Crippen LogP contribution >= 0.6 is 24.0 Å². The molecule has 0 saturated heterocycles. The molecule has 0 radical (unpaired) electrons. The molecule has 0 bridgehead atoms. The summed E-state index contributed by atoms with van der Waals surface area (Å²) in [7, 11) is 1.67. The second-order valence-electron chi connectivity index (χ2n) is 4.74. The van der Waals surface area contributed by atoms with Crippen LogP contribution in [-0.2, 0) is 12.8 Å². The number of hydrogen-bond acceptors (Lipinski definition) is 2. The first-order chi connectivity index (χ1) is 10.7. The summed E-state index contributed by atoms with van der Waals surface area (Å²) >= 11 is 0. The van der Waals surface area contributed by atoms with Crippen LogP contribution in [0.3, 0.4) is 0 Å². The maximum atomic E-state index is 13.5. The van der Waals surface area contributed by atoms with Gasteiger partial charge in [-0.2, -0.15) is 0 Å². The molecule has 2 aromatic rings. The van der Waals surface area contributed by atoms with E-state index in [1.54, 1.807) is 13.3 Å². The van der Waals surface area contributed by atoms with Gasteiger partial charge in [0.05, 0.1) is 6.26 Å². The minimum Gasteiger partial charge on any atom is -0.469 e. The Bertz CT molecular complexity index is 618. The van der Waals surface area contributed by atoms with E-state index in [9.17, 15) is 8.78 Å². The predicted molar refractivity (Wildman–Crippen MR) is 97.3 cm³/mol. The van der Waals surface area contributed by atoms with E-state index >= 15 is 0 Å². The number of aliphatic imine (C=N–C) groups is 1. The van der Waals surface area contributed by atoms with Crippen LogP contribution < -0.4 is 10.6 Å². The maximum Gasteiger partial charge on any atom is 0.191 e. The van der Waals surface area contributed by atoms with Gasteiger partial charge in [0.15, 0.2) is 5.96 Å². The molecule has 0 saturated carbocycles. The fraction of sp³-hybridized carbons (Fsp3) is 0.312. The molecule has 0 aliphatic carbocycles. The number of benzene rings is 1. The van der Waals surface area contributed by atoms with E-state index in [4.69, 9.17) is 4.42 Å². The standard InChI is InChI=1S/C16H19F2N3O.HI/c1-19-16(21-9-7-14-3-2-10-22-14)20-8-6-12-4-5-13(17)11-15(12)18;/h2-5,10-11H,6-9H2,1H3,(H2,19,20,21);1H. The van der Waals surface area contributed by atoms with E-state index in [-0.39, 0.29) is 24.0 Å². The maximum absolute atomic E-state index is 13.5. The van der Waals surface area contributed by atoms with Crippen LogP contribution in [0.1, 0.15) is 11.3 Å². The van der Waals surface area contributed by atoms with Gasteiger partial charge in [0.1, 0.15) is 17.4 Å². The molecule has 4 nitrogen and oxygen atoms in total. The van der Waals surface area contributed by atoms with Gasteiger partial charge in [-0.15, -0.1) is 24.0 Å². The second kappa shape index (κ2) is 10.2. The van der Waals surface area contributed by atoms with E-state index < -0.39 is 11.6 Å². The molecule has 1 aromatic carbocycles. The van der Waals surface area contributed by atoms with Gasteiger partial charge in [0.25, 0.3) is 0 Å². The number of rotatable bonds is 6. The fourth-order valence-corrected chi connectivity index (χ4v) is 2.02. The van der Waals surface area contributed by atoms with Gasteiger partial charge in [0, 0.05) is 32.6 Å². The summed E-state index contributed by atoms with van der Waals surface area (Å²) in [4.78, 5) is 4.08. The van der Waals surface area contributed by atoms with Crippen molar-refractivity contribution in [2.75, 3.05) is 20.1 Å². The lowest BCUT2D eigenvalue weighted by molar-refractivity contribution is 0.506. The summed E-state index contributed by atoms with van der Waals surface area (Å²) in [6.45, 7) is 1.18. The zero-order chi connectivity index (χ0) is 15.8. The van der Waals surface area contributed by atoms with Gasteiger partial charge < -0.3 is 15.1 Å². The quantitative estimate of drug-likeness (QED) is 0.417. The Hall–Kier alpha value is -1.64. The van der Waals surface area contributed by atoms with Crippen LogP contribution in [0, 0.1) is 11.6 Å². The van der Waals surface area contributed by atoms with Crippen LogP contribution in [0.5, 0.6) is 0 Å². The van der Waals surface area contributed by atoms with Crippen molar-refractivity contribution in [2.45, 2.75) is 12.8 Å². The Morgan fingerprint density at radius 1 is 1.13 bits per heavy atom. The molecule has 0 aliphatic rings. The lowest BCUT2D eigenvalue weighted by Gasteiger charge is -2.11. The molecule has 1 aromatic heterocycles. The summed E-state index contributed by atoms with van der Waals surface area (Å²) in [6, 6.07) is 7.37. The molecular weight excluding hydrogens is 415 g/mol. The van der Waals surface area contributed by atoms with Crippen LogP contribution in [0.15, 0.2) is 46.0 Å². The highest BCUT2D eigenvalue weighted by Gasteiger charge is 2.04. The van der Waals surface area contributed by atoms with E-state index in [2.05, 4.69) is 15.6 Å². The summed E-state index contributed by atoms with van der Waals surface area (Å²) < 4.78 is 31.5. The van der Waals surface area contributed by atoms with Gasteiger partial charge in [-0.05, 0) is 30.2 Å². The number of halogens is 3. The van der Waals surface area contributed by atoms with Crippen LogP contribution in [-0.4, -0.2) is 26.1 Å². The molecule has 1 heterocycles. The van der Waals surface area contributed by atoms with Crippen molar-refractivity contribution in [1.29, 1.82) is 0 Å². The average Bonchev–Trinajstić information content (AvgIpc) is 3.01. The minimum absolute atomic E-state index is 0. The summed E-state index contributed by atoms with van der Waals surface area (Å²) in [5.74, 6) is 0.442. The number of guanidine groups is 1. The van der Waals surface area contributed by atoms with Crippen LogP contribution in [0.25, 0.3) is 0 Å². The molecular formula is C16H20F2IN3O. The molecule has 23 heavy (non-hydrogen) atoms. The largest absolute Gasteiger partial charge is 0.469 e. The zero-order valence-corrected chi connectivity index (χ0v) is 15.1. The van der Waals surface area contributed by atoms with Crippen molar-refractivity contribution in [2.24, 2.45) is 4.99 Å². The molecule has 126 valence electrons. The smallest absolute Gasteiger partial charge is 0.191 e. The van der Waals surface area contributed by atoms with Crippen molar-refractivity contribution in [3.63, 3.8) is 0 Å². The number of nitrogens with one attached hydrogen (secondary N) is 2. The first-order valence-corrected chi connectivity index (χ1v) is 7.10. The monoisotopic (exact) mass is 435 g/mol. The molecule has 0 spiro atoms. The van der Waals surface area contributed by atoms with Gasteiger partial charge in [-0.25, -0.2) is 8.78 Å². The van der Waals surface area contributed by atoms with Crippen LogP contribution in [0.4, 0.5) is 8.78 Å².